The van der Waals surface area contributed by atoms with Crippen molar-refractivity contribution in [1.29, 1.82) is 0 Å². The molecular formula is C6H8F2N4O2. The molecule has 0 aliphatic rings. The highest BCUT2D eigenvalue weighted by molar-refractivity contribution is 5.89. The van der Waals surface area contributed by atoms with Gasteiger partial charge in [0.05, 0.1) is 6.54 Å². The fraction of sp³-hybridized carbons (Fsp3) is 0.500. The summed E-state index contributed by atoms with van der Waals surface area (Å²) < 4.78 is 29.8. The molecule has 0 atom stereocenters. The van der Waals surface area contributed by atoms with Gasteiger partial charge in [-0.3, -0.25) is 4.79 Å². The molecule has 78 valence electrons. The molecule has 0 fully saturated rings. The Hall–Kier alpha value is -1.57. The average molecular weight is 206 g/mol. The van der Waals surface area contributed by atoms with E-state index >= 15 is 0 Å². The van der Waals surface area contributed by atoms with Crippen LogP contribution in [0.3, 0.4) is 0 Å². The standard InChI is InChI=1S/C6H8F2N4O2/c1-10-4(13)3-11-5(14-12-3)6(7,8)2-9/h2,9H2,1H3,(H,10,13). The predicted octanol–water partition coefficient (Wildman–Crippen LogP) is -0.520. The summed E-state index contributed by atoms with van der Waals surface area (Å²) in [7, 11) is 1.32. The van der Waals surface area contributed by atoms with Crippen molar-refractivity contribution < 1.29 is 18.1 Å². The fourth-order valence-electron chi connectivity index (χ4n) is 0.663. The predicted molar refractivity (Wildman–Crippen MR) is 40.6 cm³/mol. The molecule has 0 saturated heterocycles. The minimum atomic E-state index is -3.40. The Labute approximate surface area is 77.5 Å². The lowest BCUT2D eigenvalue weighted by atomic mass is 10.3. The number of nitrogens with one attached hydrogen (secondary N) is 1. The smallest absolute Gasteiger partial charge is 0.336 e. The van der Waals surface area contributed by atoms with Crippen LogP contribution in [0.2, 0.25) is 0 Å². The van der Waals surface area contributed by atoms with Gasteiger partial charge in [-0.2, -0.15) is 13.8 Å². The molecule has 1 heterocycles. The number of hydrogen-bond acceptors (Lipinski definition) is 5. The number of amides is 1. The first-order chi connectivity index (χ1) is 6.51. The Morgan fingerprint density at radius 1 is 1.71 bits per heavy atom. The summed E-state index contributed by atoms with van der Waals surface area (Å²) in [4.78, 5) is 14.1. The maximum atomic E-state index is 12.8. The van der Waals surface area contributed by atoms with E-state index in [1.54, 1.807) is 0 Å². The van der Waals surface area contributed by atoms with E-state index in [0.717, 1.165) is 0 Å². The van der Waals surface area contributed by atoms with Gasteiger partial charge in [0.25, 0.3) is 17.6 Å². The Bertz CT molecular complexity index is 338. The van der Waals surface area contributed by atoms with Crippen LogP contribution in [0, 0.1) is 0 Å². The van der Waals surface area contributed by atoms with Crippen LogP contribution in [0.4, 0.5) is 8.78 Å². The maximum Gasteiger partial charge on any atom is 0.336 e. The van der Waals surface area contributed by atoms with Gasteiger partial charge in [-0.05, 0) is 0 Å². The molecule has 1 rings (SSSR count). The van der Waals surface area contributed by atoms with Crippen LogP contribution in [0.5, 0.6) is 0 Å². The van der Waals surface area contributed by atoms with E-state index in [1.165, 1.54) is 7.05 Å². The van der Waals surface area contributed by atoms with E-state index in [9.17, 15) is 13.6 Å². The normalized spacial score (nSPS) is 11.4. The van der Waals surface area contributed by atoms with Crippen LogP contribution in [-0.2, 0) is 5.92 Å². The molecule has 6 nitrogen and oxygen atoms in total. The van der Waals surface area contributed by atoms with Gasteiger partial charge in [0.2, 0.25) is 0 Å². The van der Waals surface area contributed by atoms with Crippen LogP contribution in [0.15, 0.2) is 4.52 Å². The highest BCUT2D eigenvalue weighted by atomic mass is 19.3. The van der Waals surface area contributed by atoms with Crippen molar-refractivity contribution in [2.24, 2.45) is 5.73 Å². The molecule has 3 N–H and O–H groups in total. The Balaban J connectivity index is 2.93. The van der Waals surface area contributed by atoms with Gasteiger partial charge in [0, 0.05) is 7.05 Å². The Morgan fingerprint density at radius 2 is 2.36 bits per heavy atom. The number of halogens is 2. The molecule has 8 heteroatoms. The molecule has 0 aromatic carbocycles. The zero-order chi connectivity index (χ0) is 10.8. The van der Waals surface area contributed by atoms with Gasteiger partial charge in [0.15, 0.2) is 0 Å². The first kappa shape index (κ1) is 10.5. The molecule has 0 spiro atoms. The van der Waals surface area contributed by atoms with E-state index in [2.05, 4.69) is 20.0 Å². The molecule has 1 amide bonds. The zero-order valence-electron chi connectivity index (χ0n) is 7.25. The van der Waals surface area contributed by atoms with E-state index in [-0.39, 0.29) is 0 Å². The molecule has 0 unspecified atom stereocenters. The number of nitrogens with two attached hydrogens (primary N) is 1. The van der Waals surface area contributed by atoms with Crippen LogP contribution in [0.25, 0.3) is 0 Å². The highest BCUT2D eigenvalue weighted by Crippen LogP contribution is 2.24. The van der Waals surface area contributed by atoms with Gasteiger partial charge in [0.1, 0.15) is 0 Å². The third kappa shape index (κ3) is 1.84. The van der Waals surface area contributed by atoms with Crippen molar-refractivity contribution in [2.45, 2.75) is 5.92 Å². The van der Waals surface area contributed by atoms with E-state index < -0.39 is 30.1 Å². The van der Waals surface area contributed by atoms with Crippen LogP contribution in [-0.4, -0.2) is 29.6 Å². The fourth-order valence-corrected chi connectivity index (χ4v) is 0.663. The summed E-state index contributed by atoms with van der Waals surface area (Å²) in [6.07, 6.45) is 0. The molecule has 0 aliphatic heterocycles. The average Bonchev–Trinajstić information content (AvgIpc) is 2.66. The topological polar surface area (TPSA) is 94.0 Å². The molecule has 1 aromatic heterocycles. The summed E-state index contributed by atoms with van der Waals surface area (Å²) in [5, 5.41) is 5.23. The second-order valence-corrected chi connectivity index (χ2v) is 2.41. The molecule has 0 radical (unpaired) electrons. The van der Waals surface area contributed by atoms with Crippen LogP contribution in [0.1, 0.15) is 16.5 Å². The summed E-state index contributed by atoms with van der Waals surface area (Å²) in [5.74, 6) is -5.51. The number of carbonyl (C=O) groups excluding carboxylic acids is 1. The molecule has 0 bridgehead atoms. The van der Waals surface area contributed by atoms with Gasteiger partial charge in [-0.1, -0.05) is 5.16 Å². The second kappa shape index (κ2) is 3.66. The number of alkyl halides is 2. The SMILES string of the molecule is CNC(=O)c1noc(C(F)(F)CN)n1. The van der Waals surface area contributed by atoms with Crippen LogP contribution < -0.4 is 11.1 Å². The van der Waals surface area contributed by atoms with E-state index in [4.69, 9.17) is 5.73 Å². The summed E-state index contributed by atoms with van der Waals surface area (Å²) in [6, 6.07) is 0. The maximum absolute atomic E-state index is 12.8. The van der Waals surface area contributed by atoms with Crippen LogP contribution >= 0.6 is 0 Å². The summed E-state index contributed by atoms with van der Waals surface area (Å²) in [6.45, 7) is -0.956. The first-order valence-corrected chi connectivity index (χ1v) is 3.65. The third-order valence-electron chi connectivity index (χ3n) is 1.43. The van der Waals surface area contributed by atoms with Crippen molar-refractivity contribution in [2.75, 3.05) is 13.6 Å². The molecule has 1 aromatic rings. The molecule has 0 aliphatic carbocycles. The quantitative estimate of drug-likeness (QED) is 0.693. The van der Waals surface area contributed by atoms with Gasteiger partial charge >= 0.3 is 5.92 Å². The Kier molecular flexibility index (Phi) is 2.75. The number of aromatic nitrogens is 2. The highest BCUT2D eigenvalue weighted by Gasteiger charge is 2.37. The number of carbonyl (C=O) groups is 1. The van der Waals surface area contributed by atoms with Crippen molar-refractivity contribution in [3.8, 4) is 0 Å². The van der Waals surface area contributed by atoms with Gasteiger partial charge in [-0.15, -0.1) is 0 Å². The van der Waals surface area contributed by atoms with Gasteiger partial charge in [-0.25, -0.2) is 0 Å². The van der Waals surface area contributed by atoms with E-state index in [0.29, 0.717) is 0 Å². The van der Waals surface area contributed by atoms with Crippen molar-refractivity contribution in [3.05, 3.63) is 11.7 Å². The first-order valence-electron chi connectivity index (χ1n) is 3.65. The Morgan fingerprint density at radius 3 is 2.86 bits per heavy atom. The van der Waals surface area contributed by atoms with Gasteiger partial charge < -0.3 is 15.6 Å². The number of nitrogens with zero attached hydrogens (tertiary/aromatic N) is 2. The molecular weight excluding hydrogens is 198 g/mol. The van der Waals surface area contributed by atoms with Crippen molar-refractivity contribution in [1.82, 2.24) is 15.5 Å². The minimum absolute atomic E-state index is 0.448. The zero-order valence-corrected chi connectivity index (χ0v) is 7.25. The largest absolute Gasteiger partial charge is 0.352 e. The molecule has 0 saturated carbocycles. The van der Waals surface area contributed by atoms with E-state index in [1.807, 2.05) is 0 Å². The number of rotatable bonds is 3. The lowest BCUT2D eigenvalue weighted by molar-refractivity contribution is -0.0260. The second-order valence-electron chi connectivity index (χ2n) is 2.41. The lowest BCUT2D eigenvalue weighted by Crippen LogP contribution is -2.26. The molecule has 14 heavy (non-hydrogen) atoms. The minimum Gasteiger partial charge on any atom is -0.352 e. The monoisotopic (exact) mass is 206 g/mol. The third-order valence-corrected chi connectivity index (χ3v) is 1.43. The summed E-state index contributed by atoms with van der Waals surface area (Å²) in [5.41, 5.74) is 4.78. The number of hydrogen-bond donors (Lipinski definition) is 2. The summed E-state index contributed by atoms with van der Waals surface area (Å²) >= 11 is 0. The van der Waals surface area contributed by atoms with Crippen molar-refractivity contribution >= 4 is 5.91 Å². The van der Waals surface area contributed by atoms with Crippen molar-refractivity contribution in [3.63, 3.8) is 0 Å². The lowest BCUT2D eigenvalue weighted by Gasteiger charge is -2.06.